The summed E-state index contributed by atoms with van der Waals surface area (Å²) in [5, 5.41) is 6.17. The van der Waals surface area contributed by atoms with Crippen molar-refractivity contribution in [3.8, 4) is 27.7 Å². The van der Waals surface area contributed by atoms with Gasteiger partial charge in [0.2, 0.25) is 5.95 Å². The average molecular weight is 375 g/mol. The number of thiazole rings is 1. The SMILES string of the molecule is COc1c(Nc2nccc(-c3csc(-c4ccccc4)n3)n2)ccnc1C. The van der Waals surface area contributed by atoms with Gasteiger partial charge in [0.15, 0.2) is 5.75 Å². The van der Waals surface area contributed by atoms with E-state index in [1.54, 1.807) is 30.8 Å². The molecule has 0 radical (unpaired) electrons. The monoisotopic (exact) mass is 375 g/mol. The van der Waals surface area contributed by atoms with Gasteiger partial charge < -0.3 is 10.1 Å². The minimum atomic E-state index is 0.477. The third-order valence-electron chi connectivity index (χ3n) is 3.98. The lowest BCUT2D eigenvalue weighted by molar-refractivity contribution is 0.411. The maximum absolute atomic E-state index is 5.42. The smallest absolute Gasteiger partial charge is 0.227 e. The highest BCUT2D eigenvalue weighted by Gasteiger charge is 2.11. The molecule has 6 nitrogen and oxygen atoms in total. The van der Waals surface area contributed by atoms with Crippen LogP contribution in [0.4, 0.5) is 11.6 Å². The summed E-state index contributed by atoms with van der Waals surface area (Å²) < 4.78 is 5.42. The zero-order chi connectivity index (χ0) is 18.6. The van der Waals surface area contributed by atoms with E-state index in [-0.39, 0.29) is 0 Å². The first-order valence-corrected chi connectivity index (χ1v) is 9.23. The van der Waals surface area contributed by atoms with E-state index < -0.39 is 0 Å². The molecule has 4 aromatic rings. The van der Waals surface area contributed by atoms with Crippen LogP contribution >= 0.6 is 11.3 Å². The molecule has 0 saturated heterocycles. The minimum absolute atomic E-state index is 0.477. The molecule has 1 aromatic carbocycles. The molecule has 0 aliphatic rings. The van der Waals surface area contributed by atoms with Crippen LogP contribution in [-0.2, 0) is 0 Å². The largest absolute Gasteiger partial charge is 0.493 e. The van der Waals surface area contributed by atoms with Crippen molar-refractivity contribution in [3.05, 3.63) is 65.9 Å². The van der Waals surface area contributed by atoms with Gasteiger partial charge in [0, 0.05) is 23.3 Å². The number of aromatic nitrogens is 4. The highest BCUT2D eigenvalue weighted by molar-refractivity contribution is 7.13. The lowest BCUT2D eigenvalue weighted by Gasteiger charge is -2.11. The second-order valence-electron chi connectivity index (χ2n) is 5.77. The Morgan fingerprint density at radius 1 is 0.926 bits per heavy atom. The Hall–Kier alpha value is -3.32. The zero-order valence-corrected chi connectivity index (χ0v) is 15.7. The summed E-state index contributed by atoms with van der Waals surface area (Å²) in [6.45, 7) is 1.89. The van der Waals surface area contributed by atoms with E-state index in [1.807, 2.05) is 54.8 Å². The third kappa shape index (κ3) is 3.63. The fourth-order valence-corrected chi connectivity index (χ4v) is 3.52. The molecule has 0 spiro atoms. The normalized spacial score (nSPS) is 10.6. The number of benzene rings is 1. The third-order valence-corrected chi connectivity index (χ3v) is 4.87. The molecule has 3 aromatic heterocycles. The topological polar surface area (TPSA) is 72.8 Å². The van der Waals surface area contributed by atoms with Gasteiger partial charge >= 0.3 is 0 Å². The van der Waals surface area contributed by atoms with Gasteiger partial charge in [-0.25, -0.2) is 15.0 Å². The summed E-state index contributed by atoms with van der Waals surface area (Å²) in [5.74, 6) is 1.15. The molecule has 0 atom stereocenters. The van der Waals surface area contributed by atoms with E-state index in [0.29, 0.717) is 11.7 Å². The van der Waals surface area contributed by atoms with E-state index >= 15 is 0 Å². The van der Waals surface area contributed by atoms with Crippen LogP contribution in [0.2, 0.25) is 0 Å². The van der Waals surface area contributed by atoms with E-state index in [0.717, 1.165) is 33.3 Å². The summed E-state index contributed by atoms with van der Waals surface area (Å²) in [7, 11) is 1.62. The van der Waals surface area contributed by atoms with E-state index in [4.69, 9.17) is 9.72 Å². The van der Waals surface area contributed by atoms with Crippen LogP contribution in [-0.4, -0.2) is 27.0 Å². The average Bonchev–Trinajstić information content (AvgIpc) is 3.19. The molecule has 134 valence electrons. The highest BCUT2D eigenvalue weighted by Crippen LogP contribution is 2.30. The number of aryl methyl sites for hydroxylation is 1. The Balaban J connectivity index is 1.62. The van der Waals surface area contributed by atoms with Crippen LogP contribution in [0.15, 0.2) is 60.2 Å². The van der Waals surface area contributed by atoms with Crippen LogP contribution in [0, 0.1) is 6.92 Å². The van der Waals surface area contributed by atoms with Crippen molar-refractivity contribution >= 4 is 23.0 Å². The highest BCUT2D eigenvalue weighted by atomic mass is 32.1. The van der Waals surface area contributed by atoms with E-state index in [1.165, 1.54) is 0 Å². The second kappa shape index (κ2) is 7.51. The fourth-order valence-electron chi connectivity index (χ4n) is 2.70. The predicted molar refractivity (Wildman–Crippen MR) is 107 cm³/mol. The molecule has 4 rings (SSSR count). The van der Waals surface area contributed by atoms with Gasteiger partial charge in [0.25, 0.3) is 0 Å². The van der Waals surface area contributed by atoms with Crippen LogP contribution in [0.5, 0.6) is 5.75 Å². The fraction of sp³-hybridized carbons (Fsp3) is 0.100. The molecule has 0 fully saturated rings. The van der Waals surface area contributed by atoms with Gasteiger partial charge in [0.05, 0.1) is 24.2 Å². The van der Waals surface area contributed by atoms with Crippen molar-refractivity contribution in [1.82, 2.24) is 19.9 Å². The Kier molecular flexibility index (Phi) is 4.76. The molecule has 27 heavy (non-hydrogen) atoms. The molecule has 3 heterocycles. The lowest BCUT2D eigenvalue weighted by atomic mass is 10.2. The number of ether oxygens (including phenoxy) is 1. The van der Waals surface area contributed by atoms with Crippen molar-refractivity contribution in [2.45, 2.75) is 6.92 Å². The van der Waals surface area contributed by atoms with Crippen molar-refractivity contribution in [3.63, 3.8) is 0 Å². The van der Waals surface area contributed by atoms with Crippen LogP contribution < -0.4 is 10.1 Å². The molecular formula is C20H17N5OS. The molecule has 0 aliphatic carbocycles. The van der Waals surface area contributed by atoms with Crippen LogP contribution in [0.3, 0.4) is 0 Å². The molecule has 1 N–H and O–H groups in total. The Morgan fingerprint density at radius 3 is 2.56 bits per heavy atom. The van der Waals surface area contributed by atoms with Gasteiger partial charge in [-0.05, 0) is 19.1 Å². The predicted octanol–water partition coefficient (Wildman–Crippen LogP) is 4.72. The first-order valence-electron chi connectivity index (χ1n) is 8.35. The second-order valence-corrected chi connectivity index (χ2v) is 6.63. The number of nitrogens with zero attached hydrogens (tertiary/aromatic N) is 4. The standard InChI is InChI=1S/C20H17N5OS/c1-13-18(26-2)16(9-10-21-13)25-20-22-11-8-15(24-20)17-12-27-19(23-17)14-6-4-3-5-7-14/h3-12H,1-2H3,(H,21,22,24,25). The van der Waals surface area contributed by atoms with Gasteiger partial charge in [-0.15, -0.1) is 11.3 Å². The quantitative estimate of drug-likeness (QED) is 0.544. The Labute approximate surface area is 161 Å². The van der Waals surface area contributed by atoms with E-state index in [2.05, 4.69) is 20.3 Å². The Bertz CT molecular complexity index is 1060. The number of hydrogen-bond donors (Lipinski definition) is 1. The molecule has 0 unspecified atom stereocenters. The van der Waals surface area contributed by atoms with Crippen LogP contribution in [0.25, 0.3) is 22.0 Å². The molecule has 0 saturated carbocycles. The summed E-state index contributed by atoms with van der Waals surface area (Å²) in [4.78, 5) is 17.9. The summed E-state index contributed by atoms with van der Waals surface area (Å²) >= 11 is 1.60. The van der Waals surface area contributed by atoms with Gasteiger partial charge in [0.1, 0.15) is 10.7 Å². The van der Waals surface area contributed by atoms with Crippen molar-refractivity contribution in [2.24, 2.45) is 0 Å². The van der Waals surface area contributed by atoms with Crippen molar-refractivity contribution in [1.29, 1.82) is 0 Å². The first kappa shape index (κ1) is 17.1. The number of methoxy groups -OCH3 is 1. The number of rotatable bonds is 5. The van der Waals surface area contributed by atoms with E-state index in [9.17, 15) is 0 Å². The van der Waals surface area contributed by atoms with Gasteiger partial charge in [-0.3, -0.25) is 4.98 Å². The maximum Gasteiger partial charge on any atom is 0.227 e. The molecule has 0 aliphatic heterocycles. The number of anilines is 2. The molecule has 0 amide bonds. The minimum Gasteiger partial charge on any atom is -0.493 e. The number of nitrogens with one attached hydrogen (secondary N) is 1. The lowest BCUT2D eigenvalue weighted by Crippen LogP contribution is -2.01. The molecular weight excluding hydrogens is 358 g/mol. The molecule has 7 heteroatoms. The maximum atomic E-state index is 5.42. The van der Waals surface area contributed by atoms with Crippen molar-refractivity contribution < 1.29 is 4.74 Å². The zero-order valence-electron chi connectivity index (χ0n) is 14.9. The van der Waals surface area contributed by atoms with Gasteiger partial charge in [-0.1, -0.05) is 30.3 Å². The summed E-state index contributed by atoms with van der Waals surface area (Å²) in [6, 6.07) is 13.8. The summed E-state index contributed by atoms with van der Waals surface area (Å²) in [6.07, 6.45) is 3.43. The Morgan fingerprint density at radius 2 is 1.74 bits per heavy atom. The van der Waals surface area contributed by atoms with Crippen molar-refractivity contribution in [2.75, 3.05) is 12.4 Å². The van der Waals surface area contributed by atoms with Gasteiger partial charge in [-0.2, -0.15) is 0 Å². The number of hydrogen-bond acceptors (Lipinski definition) is 7. The van der Waals surface area contributed by atoms with Crippen LogP contribution in [0.1, 0.15) is 5.69 Å². The molecule has 0 bridgehead atoms. The summed E-state index contributed by atoms with van der Waals surface area (Å²) in [5.41, 5.74) is 4.24. The first-order chi connectivity index (χ1) is 13.2. The number of pyridine rings is 1.